The number of carbonyl (C=O) groups excluding carboxylic acids is 1. The second-order valence-corrected chi connectivity index (χ2v) is 6.48. The molecule has 0 bridgehead atoms. The molecule has 0 saturated heterocycles. The molecule has 0 aliphatic heterocycles. The van der Waals surface area contributed by atoms with E-state index in [2.05, 4.69) is 30.7 Å². The predicted octanol–water partition coefficient (Wildman–Crippen LogP) is 2.91. The number of pyridine rings is 1. The molecular weight excluding hydrogens is 258 g/mol. The normalized spacial score (nSPS) is 11.6. The van der Waals surface area contributed by atoms with Gasteiger partial charge in [-0.1, -0.05) is 20.8 Å². The molecular formula is C14H17N3OS. The van der Waals surface area contributed by atoms with E-state index in [0.717, 1.165) is 21.8 Å². The van der Waals surface area contributed by atoms with Gasteiger partial charge in [-0.15, -0.1) is 11.3 Å². The lowest BCUT2D eigenvalue weighted by molar-refractivity contribution is 0.1000. The number of rotatable bonds is 2. The number of nitrogens with two attached hydrogens (primary N) is 1. The van der Waals surface area contributed by atoms with E-state index >= 15 is 0 Å². The molecule has 5 heteroatoms. The zero-order valence-corrected chi connectivity index (χ0v) is 12.3. The summed E-state index contributed by atoms with van der Waals surface area (Å²) in [6, 6.07) is 3.98. The molecule has 2 aromatic rings. The van der Waals surface area contributed by atoms with E-state index in [1.165, 1.54) is 11.3 Å². The average Bonchev–Trinajstić information content (AvgIpc) is 2.71. The number of aryl methyl sites for hydroxylation is 1. The van der Waals surface area contributed by atoms with Crippen molar-refractivity contribution >= 4 is 17.2 Å². The Kier molecular flexibility index (Phi) is 3.41. The number of thiazole rings is 1. The highest BCUT2D eigenvalue weighted by Crippen LogP contribution is 2.32. The maximum atomic E-state index is 11.2. The summed E-state index contributed by atoms with van der Waals surface area (Å²) in [5.41, 5.74) is 8.12. The van der Waals surface area contributed by atoms with E-state index in [1.807, 2.05) is 19.1 Å². The van der Waals surface area contributed by atoms with E-state index < -0.39 is 5.91 Å². The second kappa shape index (κ2) is 4.74. The third-order valence-corrected chi connectivity index (χ3v) is 4.02. The molecule has 0 atom stereocenters. The lowest BCUT2D eigenvalue weighted by Crippen LogP contribution is -2.13. The van der Waals surface area contributed by atoms with Crippen molar-refractivity contribution in [3.8, 4) is 10.4 Å². The molecule has 0 fully saturated rings. The van der Waals surface area contributed by atoms with Crippen LogP contribution in [0.25, 0.3) is 10.4 Å². The topological polar surface area (TPSA) is 68.9 Å². The Hall–Kier alpha value is -1.75. The summed E-state index contributed by atoms with van der Waals surface area (Å²) < 4.78 is 0. The summed E-state index contributed by atoms with van der Waals surface area (Å²) in [6.07, 6.45) is 1.79. The lowest BCUT2D eigenvalue weighted by atomic mass is 9.90. The molecule has 2 aromatic heterocycles. The number of amides is 1. The van der Waals surface area contributed by atoms with Gasteiger partial charge in [0.1, 0.15) is 0 Å². The van der Waals surface area contributed by atoms with Gasteiger partial charge in [0.25, 0.3) is 5.91 Å². The van der Waals surface area contributed by atoms with E-state index in [4.69, 9.17) is 5.73 Å². The van der Waals surface area contributed by atoms with Gasteiger partial charge in [-0.05, 0) is 24.6 Å². The Morgan fingerprint density at radius 2 is 2.05 bits per heavy atom. The fraction of sp³-hybridized carbons (Fsp3) is 0.357. The van der Waals surface area contributed by atoms with Crippen LogP contribution in [0.1, 0.15) is 42.0 Å². The van der Waals surface area contributed by atoms with Crippen molar-refractivity contribution in [3.05, 3.63) is 34.7 Å². The Labute approximate surface area is 116 Å². The van der Waals surface area contributed by atoms with Crippen molar-refractivity contribution in [2.24, 2.45) is 5.73 Å². The van der Waals surface area contributed by atoms with Crippen molar-refractivity contribution in [1.29, 1.82) is 0 Å². The lowest BCUT2D eigenvalue weighted by Gasteiger charge is -2.18. The summed E-state index contributed by atoms with van der Waals surface area (Å²) in [4.78, 5) is 20.8. The molecule has 0 radical (unpaired) electrons. The fourth-order valence-electron chi connectivity index (χ4n) is 1.75. The van der Waals surface area contributed by atoms with Crippen molar-refractivity contribution in [2.75, 3.05) is 0 Å². The summed E-state index contributed by atoms with van der Waals surface area (Å²) in [5, 5.41) is 0.349. The van der Waals surface area contributed by atoms with Gasteiger partial charge in [-0.25, -0.2) is 4.98 Å². The molecule has 2 heterocycles. The first-order valence-corrected chi connectivity index (χ1v) is 6.85. The highest BCUT2D eigenvalue weighted by atomic mass is 32.1. The zero-order chi connectivity index (χ0) is 14.2. The minimum atomic E-state index is -0.482. The third-order valence-electron chi connectivity index (χ3n) is 2.80. The van der Waals surface area contributed by atoms with E-state index in [9.17, 15) is 4.79 Å². The average molecular weight is 275 g/mol. The van der Waals surface area contributed by atoms with Crippen LogP contribution in [0.5, 0.6) is 0 Å². The van der Waals surface area contributed by atoms with Crippen LogP contribution < -0.4 is 5.73 Å². The van der Waals surface area contributed by atoms with Crippen LogP contribution in [0.3, 0.4) is 0 Å². The molecule has 0 spiro atoms. The second-order valence-electron chi connectivity index (χ2n) is 5.48. The Bertz CT molecular complexity index is 626. The van der Waals surface area contributed by atoms with Crippen LogP contribution in [-0.4, -0.2) is 15.9 Å². The number of hydrogen-bond acceptors (Lipinski definition) is 4. The molecule has 2 N–H and O–H groups in total. The molecule has 0 unspecified atom stereocenters. The van der Waals surface area contributed by atoms with Gasteiger partial charge in [0.05, 0.1) is 10.6 Å². The van der Waals surface area contributed by atoms with Gasteiger partial charge >= 0.3 is 0 Å². The van der Waals surface area contributed by atoms with Gasteiger partial charge in [0.2, 0.25) is 0 Å². The monoisotopic (exact) mass is 275 g/mol. The molecule has 0 aliphatic rings. The fourth-order valence-corrected chi connectivity index (χ4v) is 2.67. The molecule has 1 amide bonds. The molecule has 4 nitrogen and oxygen atoms in total. The van der Waals surface area contributed by atoms with Crippen molar-refractivity contribution < 1.29 is 4.79 Å². The van der Waals surface area contributed by atoms with Crippen LogP contribution in [0.15, 0.2) is 18.3 Å². The maximum Gasteiger partial charge on any atom is 0.277 e. The number of primary amides is 1. The number of nitrogens with zero attached hydrogens (tertiary/aromatic N) is 2. The first-order chi connectivity index (χ1) is 8.79. The zero-order valence-electron chi connectivity index (χ0n) is 11.5. The first-order valence-electron chi connectivity index (χ1n) is 6.03. The van der Waals surface area contributed by atoms with Gasteiger partial charge in [-0.3, -0.25) is 9.78 Å². The Morgan fingerprint density at radius 3 is 2.58 bits per heavy atom. The minimum Gasteiger partial charge on any atom is -0.364 e. The molecule has 0 aliphatic carbocycles. The van der Waals surface area contributed by atoms with E-state index in [-0.39, 0.29) is 5.41 Å². The summed E-state index contributed by atoms with van der Waals surface area (Å²) in [6.45, 7) is 8.24. The number of aromatic nitrogens is 2. The van der Waals surface area contributed by atoms with Gasteiger partial charge in [-0.2, -0.15) is 0 Å². The van der Waals surface area contributed by atoms with Gasteiger partial charge in [0, 0.05) is 17.3 Å². The van der Waals surface area contributed by atoms with Crippen molar-refractivity contribution in [3.63, 3.8) is 0 Å². The summed E-state index contributed by atoms with van der Waals surface area (Å²) in [5.74, 6) is -0.482. The van der Waals surface area contributed by atoms with Gasteiger partial charge < -0.3 is 5.73 Å². The molecule has 2 rings (SSSR count). The van der Waals surface area contributed by atoms with Crippen LogP contribution in [0.4, 0.5) is 0 Å². The van der Waals surface area contributed by atoms with Crippen LogP contribution in [-0.2, 0) is 5.41 Å². The highest BCUT2D eigenvalue weighted by molar-refractivity contribution is 7.17. The molecule has 100 valence electrons. The SMILES string of the molecule is Cc1nc(C(N)=O)sc1-c1ccnc(C(C)(C)C)c1. The van der Waals surface area contributed by atoms with Crippen molar-refractivity contribution in [2.45, 2.75) is 33.1 Å². The van der Waals surface area contributed by atoms with Crippen LogP contribution in [0, 0.1) is 6.92 Å². The Balaban J connectivity index is 2.50. The number of carbonyl (C=O) groups is 1. The Morgan fingerprint density at radius 1 is 1.37 bits per heavy atom. The maximum absolute atomic E-state index is 11.2. The standard InChI is InChI=1S/C14H17N3OS/c1-8-11(19-13(17-8)12(15)18)9-5-6-16-10(7-9)14(2,3)4/h5-7H,1-4H3,(H2,15,18). The van der Waals surface area contributed by atoms with E-state index in [0.29, 0.717) is 5.01 Å². The molecule has 0 aromatic carbocycles. The quantitative estimate of drug-likeness (QED) is 0.916. The molecule has 0 saturated carbocycles. The van der Waals surface area contributed by atoms with Crippen LogP contribution >= 0.6 is 11.3 Å². The predicted molar refractivity (Wildman–Crippen MR) is 77.3 cm³/mol. The van der Waals surface area contributed by atoms with Crippen molar-refractivity contribution in [1.82, 2.24) is 9.97 Å². The third kappa shape index (κ3) is 2.81. The summed E-state index contributed by atoms with van der Waals surface area (Å²) >= 11 is 1.33. The summed E-state index contributed by atoms with van der Waals surface area (Å²) in [7, 11) is 0. The first kappa shape index (κ1) is 13.7. The number of hydrogen-bond donors (Lipinski definition) is 1. The van der Waals surface area contributed by atoms with E-state index in [1.54, 1.807) is 6.20 Å². The molecule has 19 heavy (non-hydrogen) atoms. The smallest absolute Gasteiger partial charge is 0.277 e. The van der Waals surface area contributed by atoms with Crippen LogP contribution in [0.2, 0.25) is 0 Å². The minimum absolute atomic E-state index is 0.0128. The largest absolute Gasteiger partial charge is 0.364 e. The highest BCUT2D eigenvalue weighted by Gasteiger charge is 2.18. The van der Waals surface area contributed by atoms with Gasteiger partial charge in [0.15, 0.2) is 5.01 Å².